The Morgan fingerprint density at radius 1 is 1.50 bits per heavy atom. The highest BCUT2D eigenvalue weighted by atomic mass is 16.1. The van der Waals surface area contributed by atoms with Crippen LogP contribution >= 0.6 is 0 Å². The van der Waals surface area contributed by atoms with E-state index in [1.807, 2.05) is 0 Å². The van der Waals surface area contributed by atoms with Crippen molar-refractivity contribution in [1.29, 1.82) is 0 Å². The Morgan fingerprint density at radius 3 is 2.86 bits per heavy atom. The zero-order valence-corrected chi connectivity index (χ0v) is 9.09. The lowest BCUT2D eigenvalue weighted by Gasteiger charge is -2.28. The monoisotopic (exact) mass is 195 g/mol. The van der Waals surface area contributed by atoms with Crippen LogP contribution in [0.5, 0.6) is 0 Å². The number of carbonyl (C=O) groups is 1. The number of carbonyl (C=O) groups excluding carboxylic acids is 1. The molecule has 1 amide bonds. The summed E-state index contributed by atoms with van der Waals surface area (Å²) < 4.78 is 0. The summed E-state index contributed by atoms with van der Waals surface area (Å²) in [5.74, 6) is 1.57. The van der Waals surface area contributed by atoms with Gasteiger partial charge >= 0.3 is 0 Å². The van der Waals surface area contributed by atoms with Gasteiger partial charge < -0.3 is 5.32 Å². The first kappa shape index (κ1) is 11.3. The fourth-order valence-electron chi connectivity index (χ4n) is 2.14. The summed E-state index contributed by atoms with van der Waals surface area (Å²) >= 11 is 0. The van der Waals surface area contributed by atoms with E-state index in [1.54, 1.807) is 6.08 Å². The van der Waals surface area contributed by atoms with Crippen LogP contribution in [-0.4, -0.2) is 12.5 Å². The molecule has 0 unspecified atom stereocenters. The van der Waals surface area contributed by atoms with E-state index >= 15 is 0 Å². The summed E-state index contributed by atoms with van der Waals surface area (Å²) in [6.07, 6.45) is 7.38. The third-order valence-electron chi connectivity index (χ3n) is 3.18. The molecule has 1 fully saturated rings. The predicted octanol–water partition coefficient (Wildman–Crippen LogP) is 2.51. The van der Waals surface area contributed by atoms with Crippen molar-refractivity contribution in [2.24, 2.45) is 11.8 Å². The summed E-state index contributed by atoms with van der Waals surface area (Å²) in [5.41, 5.74) is 0. The average molecular weight is 195 g/mol. The molecule has 2 heteroatoms. The predicted molar refractivity (Wildman–Crippen MR) is 58.9 cm³/mol. The molecule has 1 N–H and O–H groups in total. The Labute approximate surface area is 86.8 Å². The topological polar surface area (TPSA) is 29.1 Å². The van der Waals surface area contributed by atoms with Crippen molar-refractivity contribution in [1.82, 2.24) is 5.32 Å². The first-order valence-corrected chi connectivity index (χ1v) is 5.61. The van der Waals surface area contributed by atoms with Crippen LogP contribution < -0.4 is 5.32 Å². The van der Waals surface area contributed by atoms with E-state index in [2.05, 4.69) is 18.8 Å². The third-order valence-corrected chi connectivity index (χ3v) is 3.18. The largest absolute Gasteiger partial charge is 0.356 e. The highest BCUT2D eigenvalue weighted by Crippen LogP contribution is 2.28. The number of hydrogen-bond donors (Lipinski definition) is 1. The molecule has 2 nitrogen and oxygen atoms in total. The van der Waals surface area contributed by atoms with Crippen LogP contribution in [0.1, 0.15) is 39.0 Å². The third kappa shape index (κ3) is 3.52. The van der Waals surface area contributed by atoms with Gasteiger partial charge in [-0.2, -0.15) is 0 Å². The van der Waals surface area contributed by atoms with Gasteiger partial charge in [-0.25, -0.2) is 0 Å². The van der Waals surface area contributed by atoms with Crippen LogP contribution in [0.25, 0.3) is 0 Å². The van der Waals surface area contributed by atoms with E-state index in [4.69, 9.17) is 0 Å². The van der Waals surface area contributed by atoms with Crippen molar-refractivity contribution in [3.63, 3.8) is 0 Å². The molecular formula is C12H21NO. The van der Waals surface area contributed by atoms with E-state index in [9.17, 15) is 4.79 Å². The SMILES string of the molecule is C=CCC(=O)NC[C@H]1CCCC[C@@H]1C. The minimum atomic E-state index is 0.109. The van der Waals surface area contributed by atoms with E-state index < -0.39 is 0 Å². The molecule has 80 valence electrons. The maximum atomic E-state index is 11.2. The van der Waals surface area contributed by atoms with Crippen LogP contribution in [0.4, 0.5) is 0 Å². The second kappa shape index (κ2) is 5.84. The minimum Gasteiger partial charge on any atom is -0.356 e. The van der Waals surface area contributed by atoms with Gasteiger partial charge in [0.1, 0.15) is 0 Å². The van der Waals surface area contributed by atoms with Gasteiger partial charge in [-0.05, 0) is 18.3 Å². The highest BCUT2D eigenvalue weighted by Gasteiger charge is 2.21. The van der Waals surface area contributed by atoms with Gasteiger partial charge in [0.2, 0.25) is 5.91 Å². The van der Waals surface area contributed by atoms with Gasteiger partial charge in [-0.15, -0.1) is 6.58 Å². The van der Waals surface area contributed by atoms with Crippen LogP contribution in [0.15, 0.2) is 12.7 Å². The minimum absolute atomic E-state index is 0.109. The lowest BCUT2D eigenvalue weighted by molar-refractivity contribution is -0.120. The van der Waals surface area contributed by atoms with Gasteiger partial charge in [-0.3, -0.25) is 4.79 Å². The van der Waals surface area contributed by atoms with Crippen molar-refractivity contribution < 1.29 is 4.79 Å². The van der Waals surface area contributed by atoms with Crippen LogP contribution in [0, 0.1) is 11.8 Å². The molecule has 1 aliphatic carbocycles. The van der Waals surface area contributed by atoms with Crippen molar-refractivity contribution in [2.75, 3.05) is 6.54 Å². The van der Waals surface area contributed by atoms with Crippen molar-refractivity contribution in [3.05, 3.63) is 12.7 Å². The first-order valence-electron chi connectivity index (χ1n) is 5.61. The van der Waals surface area contributed by atoms with Crippen LogP contribution in [0.2, 0.25) is 0 Å². The van der Waals surface area contributed by atoms with Gasteiger partial charge in [0.25, 0.3) is 0 Å². The molecule has 0 aliphatic heterocycles. The number of amides is 1. The fraction of sp³-hybridized carbons (Fsp3) is 0.750. The lowest BCUT2D eigenvalue weighted by atomic mass is 9.80. The molecule has 0 radical (unpaired) electrons. The lowest BCUT2D eigenvalue weighted by Crippen LogP contribution is -2.33. The van der Waals surface area contributed by atoms with Gasteiger partial charge in [0.05, 0.1) is 0 Å². The zero-order chi connectivity index (χ0) is 10.4. The standard InChI is InChI=1S/C12H21NO/c1-3-6-12(14)13-9-11-8-5-4-7-10(11)2/h3,10-11H,1,4-9H2,2H3,(H,13,14)/t10-,11+/m0/s1. The Bertz CT molecular complexity index is 200. The van der Waals surface area contributed by atoms with E-state index in [0.717, 1.165) is 12.5 Å². The fourth-order valence-corrected chi connectivity index (χ4v) is 2.14. The molecule has 0 bridgehead atoms. The van der Waals surface area contributed by atoms with E-state index in [-0.39, 0.29) is 5.91 Å². The van der Waals surface area contributed by atoms with Crippen LogP contribution in [-0.2, 0) is 4.79 Å². The maximum Gasteiger partial charge on any atom is 0.223 e. The summed E-state index contributed by atoms with van der Waals surface area (Å²) in [4.78, 5) is 11.2. The normalized spacial score (nSPS) is 26.9. The molecule has 2 atom stereocenters. The molecule has 1 rings (SSSR count). The molecule has 1 aliphatic rings. The Morgan fingerprint density at radius 2 is 2.21 bits per heavy atom. The van der Waals surface area contributed by atoms with Crippen LogP contribution in [0.3, 0.4) is 0 Å². The Hall–Kier alpha value is -0.790. The molecule has 0 aromatic carbocycles. The Balaban J connectivity index is 2.22. The second-order valence-corrected chi connectivity index (χ2v) is 4.32. The summed E-state index contributed by atoms with van der Waals surface area (Å²) in [6, 6.07) is 0. The van der Waals surface area contributed by atoms with Crippen molar-refractivity contribution in [3.8, 4) is 0 Å². The van der Waals surface area contributed by atoms with Crippen molar-refractivity contribution >= 4 is 5.91 Å². The maximum absolute atomic E-state index is 11.2. The summed E-state index contributed by atoms with van der Waals surface area (Å²) in [5, 5.41) is 2.97. The quantitative estimate of drug-likeness (QED) is 0.686. The number of nitrogens with one attached hydrogen (secondary N) is 1. The van der Waals surface area contributed by atoms with Crippen molar-refractivity contribution in [2.45, 2.75) is 39.0 Å². The zero-order valence-electron chi connectivity index (χ0n) is 9.09. The molecule has 14 heavy (non-hydrogen) atoms. The molecule has 0 aromatic heterocycles. The highest BCUT2D eigenvalue weighted by molar-refractivity contribution is 5.77. The molecule has 0 heterocycles. The Kier molecular flexibility index (Phi) is 4.71. The first-order chi connectivity index (χ1) is 6.74. The molecular weight excluding hydrogens is 174 g/mol. The molecule has 0 spiro atoms. The smallest absolute Gasteiger partial charge is 0.223 e. The van der Waals surface area contributed by atoms with E-state index in [1.165, 1.54) is 25.7 Å². The summed E-state index contributed by atoms with van der Waals surface area (Å²) in [6.45, 7) is 6.70. The second-order valence-electron chi connectivity index (χ2n) is 4.32. The summed E-state index contributed by atoms with van der Waals surface area (Å²) in [7, 11) is 0. The van der Waals surface area contributed by atoms with Gasteiger partial charge in [0, 0.05) is 13.0 Å². The van der Waals surface area contributed by atoms with Gasteiger partial charge in [-0.1, -0.05) is 32.3 Å². The molecule has 0 saturated heterocycles. The molecule has 1 saturated carbocycles. The van der Waals surface area contributed by atoms with Gasteiger partial charge in [0.15, 0.2) is 0 Å². The molecule has 0 aromatic rings. The average Bonchev–Trinajstić information content (AvgIpc) is 2.17. The number of hydrogen-bond acceptors (Lipinski definition) is 1. The van der Waals surface area contributed by atoms with E-state index in [0.29, 0.717) is 12.3 Å². The number of rotatable bonds is 4.